The van der Waals surface area contributed by atoms with Crippen molar-refractivity contribution in [2.45, 2.75) is 0 Å². The summed E-state index contributed by atoms with van der Waals surface area (Å²) >= 11 is 0. The second kappa shape index (κ2) is 8.28. The molecule has 31 heavy (non-hydrogen) atoms. The van der Waals surface area contributed by atoms with Crippen LogP contribution >= 0.6 is 0 Å². The van der Waals surface area contributed by atoms with Crippen LogP contribution in [0.2, 0.25) is 0 Å². The normalized spacial score (nSPS) is 12.6. The lowest BCUT2D eigenvalue weighted by molar-refractivity contribution is 0.101. The molecule has 0 unspecified atom stereocenters. The fraction of sp³-hybridized carbons (Fsp3) is 0. The lowest BCUT2D eigenvalue weighted by Crippen LogP contribution is -1.99. The van der Waals surface area contributed by atoms with Crippen molar-refractivity contribution in [3.05, 3.63) is 102 Å². The van der Waals surface area contributed by atoms with E-state index in [-0.39, 0.29) is 28.4 Å². The second-order valence-corrected chi connectivity index (χ2v) is 6.55. The van der Waals surface area contributed by atoms with Crippen LogP contribution in [0.15, 0.2) is 98.9 Å². The minimum atomic E-state index is -0.577. The molecule has 4 aromatic rings. The number of carbonyl (C=O) groups excluding carboxylic acids is 1. The Morgan fingerprint density at radius 2 is 1.45 bits per heavy atom. The van der Waals surface area contributed by atoms with Crippen molar-refractivity contribution in [3.63, 3.8) is 0 Å². The number of nitriles is 2. The zero-order valence-corrected chi connectivity index (χ0v) is 16.1. The number of hydrogen-bond acceptors (Lipinski definition) is 6. The molecule has 0 saturated carbocycles. The Morgan fingerprint density at radius 1 is 0.871 bits per heavy atom. The van der Waals surface area contributed by atoms with Crippen molar-refractivity contribution in [1.82, 2.24) is 0 Å². The molecule has 2 aromatic carbocycles. The third kappa shape index (κ3) is 3.87. The Kier molecular flexibility index (Phi) is 5.21. The number of Topliss-reactive ketones (excluding diaryl/α,β-unsaturated/α-hetero) is 1. The molecule has 0 radical (unpaired) electrons. The Bertz CT molecular complexity index is 1420. The first-order chi connectivity index (χ1) is 15.1. The van der Waals surface area contributed by atoms with Crippen LogP contribution in [-0.2, 0) is 0 Å². The predicted molar refractivity (Wildman–Crippen MR) is 115 cm³/mol. The molecule has 0 amide bonds. The van der Waals surface area contributed by atoms with E-state index in [1.165, 1.54) is 18.2 Å². The molecule has 0 spiro atoms. The summed E-state index contributed by atoms with van der Waals surface area (Å²) in [4.78, 5) is 12.6. The van der Waals surface area contributed by atoms with Crippen molar-refractivity contribution in [1.29, 1.82) is 10.5 Å². The average molecular weight is 406 g/mol. The van der Waals surface area contributed by atoms with Gasteiger partial charge < -0.3 is 13.9 Å². The van der Waals surface area contributed by atoms with Crippen LogP contribution in [0.1, 0.15) is 16.3 Å². The zero-order chi connectivity index (χ0) is 21.8. The molecular formula is C25H14N2O4. The molecule has 1 N–H and O–H groups in total. The quantitative estimate of drug-likeness (QED) is 0.146. The summed E-state index contributed by atoms with van der Waals surface area (Å²) in [5.41, 5.74) is 0.872. The third-order valence-corrected chi connectivity index (χ3v) is 4.57. The highest BCUT2D eigenvalue weighted by molar-refractivity contribution is 6.11. The number of aliphatic hydroxyl groups is 1. The van der Waals surface area contributed by atoms with E-state index in [1.807, 2.05) is 30.3 Å². The summed E-state index contributed by atoms with van der Waals surface area (Å²) in [7, 11) is 0. The molecule has 6 nitrogen and oxygen atoms in total. The van der Waals surface area contributed by atoms with Crippen LogP contribution in [0.4, 0.5) is 0 Å². The van der Waals surface area contributed by atoms with Gasteiger partial charge in [0.15, 0.2) is 17.3 Å². The van der Waals surface area contributed by atoms with Gasteiger partial charge in [0, 0.05) is 10.8 Å². The van der Waals surface area contributed by atoms with Gasteiger partial charge in [-0.1, -0.05) is 42.5 Å². The van der Waals surface area contributed by atoms with Crippen LogP contribution in [0.5, 0.6) is 0 Å². The Labute approximate surface area is 176 Å². The highest BCUT2D eigenvalue weighted by Gasteiger charge is 2.16. The molecule has 6 heteroatoms. The van der Waals surface area contributed by atoms with Crippen molar-refractivity contribution < 1.29 is 18.7 Å². The van der Waals surface area contributed by atoms with E-state index in [1.54, 1.807) is 42.5 Å². The summed E-state index contributed by atoms with van der Waals surface area (Å²) in [6.07, 6.45) is 3.90. The summed E-state index contributed by atoms with van der Waals surface area (Å²) in [6.45, 7) is 0. The number of benzene rings is 2. The van der Waals surface area contributed by atoms with Crippen LogP contribution in [-0.4, -0.2) is 10.9 Å². The summed E-state index contributed by atoms with van der Waals surface area (Å²) in [6, 6.07) is 21.3. The van der Waals surface area contributed by atoms with Gasteiger partial charge >= 0.3 is 0 Å². The number of ketones is 1. The van der Waals surface area contributed by atoms with Crippen molar-refractivity contribution in [2.24, 2.45) is 0 Å². The third-order valence-electron chi connectivity index (χ3n) is 4.57. The van der Waals surface area contributed by atoms with E-state index in [9.17, 15) is 20.4 Å². The van der Waals surface area contributed by atoms with Crippen molar-refractivity contribution in [2.75, 3.05) is 0 Å². The van der Waals surface area contributed by atoms with Gasteiger partial charge in [0.25, 0.3) is 0 Å². The van der Waals surface area contributed by atoms with Gasteiger partial charge in [0.05, 0.1) is 5.57 Å². The maximum Gasteiger partial charge on any atom is 0.238 e. The highest BCUT2D eigenvalue weighted by atomic mass is 16.4. The summed E-state index contributed by atoms with van der Waals surface area (Å²) in [5, 5.41) is 30.7. The lowest BCUT2D eigenvalue weighted by Gasteiger charge is -1.96. The van der Waals surface area contributed by atoms with Gasteiger partial charge in [-0.2, -0.15) is 10.5 Å². The highest BCUT2D eigenvalue weighted by Crippen LogP contribution is 2.25. The van der Waals surface area contributed by atoms with Crippen molar-refractivity contribution in [3.8, 4) is 12.1 Å². The number of furan rings is 2. The largest absolute Gasteiger partial charge is 0.503 e. The molecule has 2 heterocycles. The van der Waals surface area contributed by atoms with Crippen molar-refractivity contribution >= 4 is 33.5 Å². The van der Waals surface area contributed by atoms with Gasteiger partial charge in [-0.05, 0) is 36.4 Å². The fourth-order valence-corrected chi connectivity index (χ4v) is 3.03. The molecule has 0 fully saturated rings. The molecule has 4 rings (SSSR count). The smallest absolute Gasteiger partial charge is 0.238 e. The number of para-hydroxylation sites is 2. The molecule has 2 aromatic heterocycles. The number of hydrogen-bond donors (Lipinski definition) is 1. The number of rotatable bonds is 5. The van der Waals surface area contributed by atoms with E-state index in [2.05, 4.69) is 0 Å². The van der Waals surface area contributed by atoms with Gasteiger partial charge in [0.2, 0.25) is 5.78 Å². The van der Waals surface area contributed by atoms with Crippen LogP contribution in [0.3, 0.4) is 0 Å². The average Bonchev–Trinajstić information content (AvgIpc) is 3.42. The molecule has 0 saturated heterocycles. The SMILES string of the molecule is N#CC(=CC=CC(C#N)=C(O)c1cc2ccccc2o1)C(=O)c1cc2ccccc2o1. The molecule has 0 bridgehead atoms. The monoisotopic (exact) mass is 406 g/mol. The molecule has 0 aliphatic carbocycles. The molecule has 148 valence electrons. The van der Waals surface area contributed by atoms with Gasteiger partial charge in [-0.3, -0.25) is 4.79 Å². The van der Waals surface area contributed by atoms with E-state index in [0.717, 1.165) is 10.8 Å². The number of allylic oxidation sites excluding steroid dienone is 5. The van der Waals surface area contributed by atoms with Gasteiger partial charge in [-0.15, -0.1) is 0 Å². The molecule has 0 aliphatic heterocycles. The minimum Gasteiger partial charge on any atom is -0.503 e. The molecule has 0 aliphatic rings. The van der Waals surface area contributed by atoms with E-state index in [0.29, 0.717) is 11.2 Å². The van der Waals surface area contributed by atoms with E-state index in [4.69, 9.17) is 8.83 Å². The number of aliphatic hydroxyl groups excluding tert-OH is 1. The molecular weight excluding hydrogens is 392 g/mol. The van der Waals surface area contributed by atoms with Crippen LogP contribution in [0, 0.1) is 22.7 Å². The standard InChI is InChI=1S/C25H14N2O4/c26-14-18(24(28)22-12-16-6-1-3-10-20(16)30-22)8-5-9-19(15-27)25(29)23-13-17-7-2-4-11-21(17)31-23/h1-13,28H. The maximum absolute atomic E-state index is 12.6. The van der Waals surface area contributed by atoms with Crippen LogP contribution < -0.4 is 0 Å². The maximum atomic E-state index is 12.6. The summed E-state index contributed by atoms with van der Waals surface area (Å²) < 4.78 is 11.1. The first-order valence-electron chi connectivity index (χ1n) is 9.24. The second-order valence-electron chi connectivity index (χ2n) is 6.55. The Morgan fingerprint density at radius 3 is 2.03 bits per heavy atom. The van der Waals surface area contributed by atoms with Crippen LogP contribution in [0.25, 0.3) is 27.7 Å². The number of carbonyl (C=O) groups is 1. The number of fused-ring (bicyclic) bond motifs is 2. The van der Waals surface area contributed by atoms with Gasteiger partial charge in [-0.25, -0.2) is 0 Å². The van der Waals surface area contributed by atoms with E-state index >= 15 is 0 Å². The topological polar surface area (TPSA) is 111 Å². The number of nitrogens with zero attached hydrogens (tertiary/aromatic N) is 2. The molecule has 0 atom stereocenters. The first kappa shape index (κ1) is 19.5. The zero-order valence-electron chi connectivity index (χ0n) is 16.1. The lowest BCUT2D eigenvalue weighted by atomic mass is 10.1. The Hall–Kier alpha value is -4.81. The summed E-state index contributed by atoms with van der Waals surface area (Å²) in [5.74, 6) is -0.730. The predicted octanol–water partition coefficient (Wildman–Crippen LogP) is 5.86. The van der Waals surface area contributed by atoms with E-state index < -0.39 is 5.78 Å². The Balaban J connectivity index is 1.61. The van der Waals surface area contributed by atoms with Gasteiger partial charge in [0.1, 0.15) is 28.9 Å². The fourth-order valence-electron chi connectivity index (χ4n) is 3.03. The minimum absolute atomic E-state index is 0.0450. The first-order valence-corrected chi connectivity index (χ1v) is 9.24.